The lowest BCUT2D eigenvalue weighted by Gasteiger charge is -2.32. The van der Waals surface area contributed by atoms with Crippen molar-refractivity contribution in [1.82, 2.24) is 5.32 Å². The van der Waals surface area contributed by atoms with Crippen LogP contribution in [0.5, 0.6) is 0 Å². The number of benzene rings is 1. The minimum Gasteiger partial charge on any atom is -0.364 e. The first-order chi connectivity index (χ1) is 11.6. The molecular weight excluding hydrogens is 320 g/mol. The zero-order valence-electron chi connectivity index (χ0n) is 14.2. The fraction of sp³-hybridized carbons (Fsp3) is 0.421. The van der Waals surface area contributed by atoms with Crippen LogP contribution in [0, 0.1) is 0 Å². The van der Waals surface area contributed by atoms with Crippen molar-refractivity contribution < 1.29 is 14.4 Å². The van der Waals surface area contributed by atoms with Crippen LogP contribution in [0.3, 0.4) is 0 Å². The summed E-state index contributed by atoms with van der Waals surface area (Å²) in [6.45, 7) is 6.41. The van der Waals surface area contributed by atoms with Crippen LogP contribution in [0.4, 0.5) is 0 Å². The molecule has 24 heavy (non-hydrogen) atoms. The van der Waals surface area contributed by atoms with Crippen molar-refractivity contribution in [2.24, 2.45) is 0 Å². The Balaban J connectivity index is 1.68. The average Bonchev–Trinajstić information content (AvgIpc) is 3.06. The smallest absolute Gasteiger partial charge is 0.275 e. The van der Waals surface area contributed by atoms with Crippen molar-refractivity contribution in [2.45, 2.75) is 32.1 Å². The van der Waals surface area contributed by atoms with Crippen LogP contribution in [0.1, 0.15) is 30.3 Å². The summed E-state index contributed by atoms with van der Waals surface area (Å²) >= 11 is 1.67. The van der Waals surface area contributed by atoms with Gasteiger partial charge in [-0.1, -0.05) is 36.4 Å². The number of nitrogens with one attached hydrogen (secondary N) is 2. The Labute approximate surface area is 147 Å². The summed E-state index contributed by atoms with van der Waals surface area (Å²) in [5.74, 6) is 0.0913. The van der Waals surface area contributed by atoms with Crippen molar-refractivity contribution in [3.05, 3.63) is 58.3 Å². The lowest BCUT2D eigenvalue weighted by atomic mass is 10.1. The summed E-state index contributed by atoms with van der Waals surface area (Å²) in [6, 6.07) is 14.2. The number of hydrogen-bond acceptors (Lipinski definition) is 3. The van der Waals surface area contributed by atoms with E-state index in [-0.39, 0.29) is 24.2 Å². The topological polar surface area (TPSA) is 42.8 Å². The molecule has 3 atom stereocenters. The van der Waals surface area contributed by atoms with E-state index in [0.717, 1.165) is 23.5 Å². The number of quaternary nitrogens is 1. The normalized spacial score (nSPS) is 25.2. The average molecular weight is 345 g/mol. The van der Waals surface area contributed by atoms with Gasteiger partial charge in [-0.15, -0.1) is 11.3 Å². The summed E-state index contributed by atoms with van der Waals surface area (Å²) in [5, 5.41) is 5.27. The van der Waals surface area contributed by atoms with Gasteiger partial charge in [-0.3, -0.25) is 4.79 Å². The second-order valence-electron chi connectivity index (χ2n) is 6.52. The molecule has 0 spiro atoms. The van der Waals surface area contributed by atoms with Gasteiger partial charge in [-0.2, -0.15) is 0 Å². The molecule has 2 aromatic rings. The van der Waals surface area contributed by atoms with Crippen LogP contribution in [0.15, 0.2) is 47.8 Å². The predicted octanol–water partition coefficient (Wildman–Crippen LogP) is 1.65. The van der Waals surface area contributed by atoms with E-state index in [2.05, 4.69) is 37.4 Å². The van der Waals surface area contributed by atoms with Crippen molar-refractivity contribution >= 4 is 17.2 Å². The molecule has 5 heteroatoms. The Kier molecular flexibility index (Phi) is 5.66. The molecule has 1 aromatic carbocycles. The number of amides is 1. The third-order valence-electron chi connectivity index (χ3n) is 4.29. The maximum absolute atomic E-state index is 12.6. The number of hydrogen-bond donors (Lipinski definition) is 2. The number of morpholine rings is 1. The molecule has 0 saturated carbocycles. The van der Waals surface area contributed by atoms with Crippen LogP contribution >= 0.6 is 11.3 Å². The highest BCUT2D eigenvalue weighted by Gasteiger charge is 2.28. The second kappa shape index (κ2) is 7.92. The first-order valence-corrected chi connectivity index (χ1v) is 9.36. The van der Waals surface area contributed by atoms with Gasteiger partial charge >= 0.3 is 0 Å². The first-order valence-electron chi connectivity index (χ1n) is 8.48. The molecule has 0 bridgehead atoms. The standard InChI is InChI=1S/C19H24N2O2S/c1-14-11-21(12-15(2)23-14)13-18(22)20-19(17-9-6-10-24-17)16-7-4-3-5-8-16/h3-10,14-15,19H,11-13H2,1-2H3,(H,20,22)/p+1/t14-,15-,19+/m1/s1. The molecule has 1 aromatic heterocycles. The summed E-state index contributed by atoms with van der Waals surface area (Å²) in [6.07, 6.45) is 0.414. The Morgan fingerprint density at radius 1 is 1.21 bits per heavy atom. The van der Waals surface area contributed by atoms with Crippen molar-refractivity contribution in [3.8, 4) is 0 Å². The Morgan fingerprint density at radius 2 is 1.92 bits per heavy atom. The maximum Gasteiger partial charge on any atom is 0.275 e. The molecule has 2 heterocycles. The monoisotopic (exact) mass is 345 g/mol. The summed E-state index contributed by atoms with van der Waals surface area (Å²) in [4.78, 5) is 15.1. The van der Waals surface area contributed by atoms with E-state index in [1.54, 1.807) is 11.3 Å². The molecule has 2 N–H and O–H groups in total. The molecule has 1 fully saturated rings. The fourth-order valence-corrected chi connectivity index (χ4v) is 4.19. The van der Waals surface area contributed by atoms with Crippen molar-refractivity contribution in [3.63, 3.8) is 0 Å². The van der Waals surface area contributed by atoms with E-state index in [0.29, 0.717) is 6.54 Å². The minimum atomic E-state index is -0.0750. The summed E-state index contributed by atoms with van der Waals surface area (Å²) < 4.78 is 5.76. The molecule has 0 aliphatic carbocycles. The third-order valence-corrected chi connectivity index (χ3v) is 5.23. The van der Waals surface area contributed by atoms with Crippen LogP contribution in [-0.4, -0.2) is 37.7 Å². The minimum absolute atomic E-state index is 0.0750. The number of thiophene rings is 1. The van der Waals surface area contributed by atoms with E-state index in [1.165, 1.54) is 4.90 Å². The number of carbonyl (C=O) groups is 1. The van der Waals surface area contributed by atoms with E-state index in [4.69, 9.17) is 4.74 Å². The highest BCUT2D eigenvalue weighted by atomic mass is 32.1. The zero-order valence-corrected chi connectivity index (χ0v) is 15.0. The van der Waals surface area contributed by atoms with Gasteiger partial charge in [0.2, 0.25) is 0 Å². The first kappa shape index (κ1) is 17.1. The van der Waals surface area contributed by atoms with Crippen LogP contribution in [-0.2, 0) is 9.53 Å². The summed E-state index contributed by atoms with van der Waals surface area (Å²) in [5.41, 5.74) is 1.12. The quantitative estimate of drug-likeness (QED) is 0.865. The molecule has 3 rings (SSSR count). The molecule has 0 radical (unpaired) electrons. The highest BCUT2D eigenvalue weighted by molar-refractivity contribution is 7.10. The van der Waals surface area contributed by atoms with E-state index < -0.39 is 0 Å². The van der Waals surface area contributed by atoms with Gasteiger partial charge in [-0.05, 0) is 30.9 Å². The van der Waals surface area contributed by atoms with Crippen LogP contribution in [0.25, 0.3) is 0 Å². The van der Waals surface area contributed by atoms with Gasteiger partial charge < -0.3 is 15.0 Å². The lowest BCUT2D eigenvalue weighted by Crippen LogP contribution is -3.16. The van der Waals surface area contributed by atoms with Crippen molar-refractivity contribution in [2.75, 3.05) is 19.6 Å². The van der Waals surface area contributed by atoms with Gasteiger partial charge in [0, 0.05) is 4.88 Å². The van der Waals surface area contributed by atoms with E-state index >= 15 is 0 Å². The molecule has 1 aliphatic rings. The molecule has 4 nitrogen and oxygen atoms in total. The Hall–Kier alpha value is -1.69. The van der Waals surface area contributed by atoms with Gasteiger partial charge in [0.1, 0.15) is 25.3 Å². The van der Waals surface area contributed by atoms with Gasteiger partial charge in [0.05, 0.1) is 6.04 Å². The Morgan fingerprint density at radius 3 is 2.54 bits per heavy atom. The van der Waals surface area contributed by atoms with Crippen LogP contribution in [0.2, 0.25) is 0 Å². The van der Waals surface area contributed by atoms with E-state index in [1.807, 2.05) is 29.6 Å². The van der Waals surface area contributed by atoms with Crippen LogP contribution < -0.4 is 10.2 Å². The molecule has 0 unspecified atom stereocenters. The van der Waals surface area contributed by atoms with Gasteiger partial charge in [-0.25, -0.2) is 0 Å². The molecule has 1 aliphatic heterocycles. The fourth-order valence-electron chi connectivity index (χ4n) is 3.39. The number of rotatable bonds is 5. The zero-order chi connectivity index (χ0) is 16.9. The summed E-state index contributed by atoms with van der Waals surface area (Å²) in [7, 11) is 0. The van der Waals surface area contributed by atoms with E-state index in [9.17, 15) is 4.79 Å². The molecule has 128 valence electrons. The second-order valence-corrected chi connectivity index (χ2v) is 7.50. The lowest BCUT2D eigenvalue weighted by molar-refractivity contribution is -0.907. The maximum atomic E-state index is 12.6. The predicted molar refractivity (Wildman–Crippen MR) is 96.3 cm³/mol. The Bertz CT molecular complexity index is 635. The largest absolute Gasteiger partial charge is 0.364 e. The van der Waals surface area contributed by atoms with Gasteiger partial charge in [0.15, 0.2) is 6.54 Å². The number of ether oxygens (including phenoxy) is 1. The third kappa shape index (κ3) is 4.44. The molecular formula is C19H25N2O2S+. The highest BCUT2D eigenvalue weighted by Crippen LogP contribution is 2.25. The molecule has 1 amide bonds. The van der Waals surface area contributed by atoms with Gasteiger partial charge in [0.25, 0.3) is 5.91 Å². The SMILES string of the molecule is C[C@@H]1C[NH+](CC(=O)N[C@@H](c2ccccc2)c2cccs2)C[C@@H](C)O1. The van der Waals surface area contributed by atoms with Crippen molar-refractivity contribution in [1.29, 1.82) is 0 Å². The molecule has 1 saturated heterocycles. The number of carbonyl (C=O) groups excluding carboxylic acids is 1.